The van der Waals surface area contributed by atoms with Gasteiger partial charge in [0.15, 0.2) is 0 Å². The van der Waals surface area contributed by atoms with Crippen molar-refractivity contribution in [2.45, 2.75) is 45.3 Å². The molecule has 0 radical (unpaired) electrons. The summed E-state index contributed by atoms with van der Waals surface area (Å²) in [6.45, 7) is 6.73. The van der Waals surface area contributed by atoms with Gasteiger partial charge in [0, 0.05) is 26.2 Å². The SMILES string of the molecule is CN(CC1CCCN1C(=O)CN)C(=O)OC(C)(C)C. The Balaban J connectivity index is 2.54. The Morgan fingerprint density at radius 2 is 2.05 bits per heavy atom. The standard InChI is InChI=1S/C13H25N3O3/c1-13(2,3)19-12(18)15(4)9-10-6-5-7-16(10)11(17)8-14/h10H,5-9,14H2,1-4H3. The van der Waals surface area contributed by atoms with Crippen molar-refractivity contribution in [2.75, 3.05) is 26.7 Å². The summed E-state index contributed by atoms with van der Waals surface area (Å²) in [6.07, 6.45) is 1.50. The van der Waals surface area contributed by atoms with Gasteiger partial charge in [-0.15, -0.1) is 0 Å². The van der Waals surface area contributed by atoms with E-state index in [0.29, 0.717) is 6.54 Å². The van der Waals surface area contributed by atoms with Crippen molar-refractivity contribution in [1.29, 1.82) is 0 Å². The highest BCUT2D eigenvalue weighted by atomic mass is 16.6. The van der Waals surface area contributed by atoms with Gasteiger partial charge < -0.3 is 20.3 Å². The topological polar surface area (TPSA) is 75.9 Å². The molecule has 1 rings (SSSR count). The van der Waals surface area contributed by atoms with Gasteiger partial charge in [0.05, 0.1) is 6.54 Å². The van der Waals surface area contributed by atoms with Gasteiger partial charge in [0.1, 0.15) is 5.60 Å². The molecule has 0 bridgehead atoms. The van der Waals surface area contributed by atoms with Crippen LogP contribution in [0.15, 0.2) is 0 Å². The lowest BCUT2D eigenvalue weighted by molar-refractivity contribution is -0.130. The normalized spacial score (nSPS) is 19.4. The molecule has 1 atom stereocenters. The zero-order valence-electron chi connectivity index (χ0n) is 12.3. The monoisotopic (exact) mass is 271 g/mol. The third kappa shape index (κ3) is 4.70. The van der Waals surface area contributed by atoms with Crippen LogP contribution in [0, 0.1) is 0 Å². The van der Waals surface area contributed by atoms with E-state index in [2.05, 4.69) is 0 Å². The maximum Gasteiger partial charge on any atom is 0.410 e. The highest BCUT2D eigenvalue weighted by molar-refractivity contribution is 5.78. The first-order chi connectivity index (χ1) is 8.74. The van der Waals surface area contributed by atoms with E-state index in [0.717, 1.165) is 19.4 Å². The van der Waals surface area contributed by atoms with E-state index >= 15 is 0 Å². The Labute approximate surface area is 114 Å². The van der Waals surface area contributed by atoms with E-state index in [-0.39, 0.29) is 24.6 Å². The molecule has 1 aliphatic heterocycles. The third-order valence-corrected chi connectivity index (χ3v) is 3.06. The second-order valence-corrected chi connectivity index (χ2v) is 5.95. The molecule has 0 spiro atoms. The van der Waals surface area contributed by atoms with E-state index in [9.17, 15) is 9.59 Å². The van der Waals surface area contributed by atoms with E-state index in [1.54, 1.807) is 11.9 Å². The molecule has 6 nitrogen and oxygen atoms in total. The minimum Gasteiger partial charge on any atom is -0.444 e. The van der Waals surface area contributed by atoms with Gasteiger partial charge in [0.2, 0.25) is 5.91 Å². The maximum absolute atomic E-state index is 11.9. The lowest BCUT2D eigenvalue weighted by atomic mass is 10.2. The molecule has 1 aliphatic rings. The molecule has 1 saturated heterocycles. The quantitative estimate of drug-likeness (QED) is 0.824. The Hall–Kier alpha value is -1.30. The van der Waals surface area contributed by atoms with Crippen LogP contribution in [-0.2, 0) is 9.53 Å². The summed E-state index contributed by atoms with van der Waals surface area (Å²) in [7, 11) is 1.69. The molecule has 0 aromatic heterocycles. The van der Waals surface area contributed by atoms with Gasteiger partial charge >= 0.3 is 6.09 Å². The van der Waals surface area contributed by atoms with Crippen molar-refractivity contribution in [1.82, 2.24) is 9.80 Å². The molecular formula is C13H25N3O3. The minimum atomic E-state index is -0.506. The lowest BCUT2D eigenvalue weighted by Crippen LogP contribution is -2.46. The van der Waals surface area contributed by atoms with Crippen LogP contribution in [0.4, 0.5) is 4.79 Å². The summed E-state index contributed by atoms with van der Waals surface area (Å²) >= 11 is 0. The minimum absolute atomic E-state index is 0.0205. The number of ether oxygens (including phenoxy) is 1. The fraction of sp³-hybridized carbons (Fsp3) is 0.846. The molecule has 19 heavy (non-hydrogen) atoms. The van der Waals surface area contributed by atoms with Crippen LogP contribution in [0.5, 0.6) is 0 Å². The van der Waals surface area contributed by atoms with Crippen molar-refractivity contribution in [3.05, 3.63) is 0 Å². The Kier molecular flexibility index (Phi) is 5.17. The van der Waals surface area contributed by atoms with Gasteiger partial charge in [-0.1, -0.05) is 0 Å². The number of amides is 2. The summed E-state index contributed by atoms with van der Waals surface area (Å²) < 4.78 is 5.29. The summed E-state index contributed by atoms with van der Waals surface area (Å²) in [4.78, 5) is 26.8. The molecular weight excluding hydrogens is 246 g/mol. The molecule has 0 saturated carbocycles. The van der Waals surface area contributed by atoms with Crippen LogP contribution in [0.1, 0.15) is 33.6 Å². The summed E-state index contributed by atoms with van der Waals surface area (Å²) in [5.74, 6) is -0.0555. The number of carbonyl (C=O) groups is 2. The van der Waals surface area contributed by atoms with Crippen molar-refractivity contribution in [3.63, 3.8) is 0 Å². The molecule has 110 valence electrons. The van der Waals surface area contributed by atoms with E-state index < -0.39 is 5.60 Å². The highest BCUT2D eigenvalue weighted by Gasteiger charge is 2.30. The molecule has 6 heteroatoms. The Morgan fingerprint density at radius 1 is 1.42 bits per heavy atom. The molecule has 0 aromatic rings. The number of hydrogen-bond donors (Lipinski definition) is 1. The van der Waals surface area contributed by atoms with Gasteiger partial charge in [-0.25, -0.2) is 4.79 Å². The molecule has 0 aliphatic carbocycles. The van der Waals surface area contributed by atoms with Crippen molar-refractivity contribution in [2.24, 2.45) is 5.73 Å². The zero-order chi connectivity index (χ0) is 14.6. The highest BCUT2D eigenvalue weighted by Crippen LogP contribution is 2.18. The third-order valence-electron chi connectivity index (χ3n) is 3.06. The number of hydrogen-bond acceptors (Lipinski definition) is 4. The average Bonchev–Trinajstić information content (AvgIpc) is 2.73. The van der Waals surface area contributed by atoms with Crippen LogP contribution in [-0.4, -0.2) is 60.1 Å². The number of likely N-dealkylation sites (tertiary alicyclic amines) is 1. The van der Waals surface area contributed by atoms with Crippen LogP contribution < -0.4 is 5.73 Å². The van der Waals surface area contributed by atoms with Crippen molar-refractivity contribution in [3.8, 4) is 0 Å². The molecule has 0 aromatic carbocycles. The smallest absolute Gasteiger partial charge is 0.410 e. The van der Waals surface area contributed by atoms with Crippen LogP contribution in [0.3, 0.4) is 0 Å². The van der Waals surface area contributed by atoms with Crippen LogP contribution in [0.2, 0.25) is 0 Å². The number of carbonyl (C=O) groups excluding carboxylic acids is 2. The maximum atomic E-state index is 11.9. The number of likely N-dealkylation sites (N-methyl/N-ethyl adjacent to an activating group) is 1. The molecule has 1 fully saturated rings. The van der Waals surface area contributed by atoms with Crippen molar-refractivity contribution >= 4 is 12.0 Å². The predicted octanol–water partition coefficient (Wildman–Crippen LogP) is 0.803. The van der Waals surface area contributed by atoms with Gasteiger partial charge in [-0.3, -0.25) is 4.79 Å². The van der Waals surface area contributed by atoms with Gasteiger partial charge in [-0.05, 0) is 33.6 Å². The summed E-state index contributed by atoms with van der Waals surface area (Å²) in [6, 6.07) is 0.0496. The Bertz CT molecular complexity index is 339. The first-order valence-corrected chi connectivity index (χ1v) is 6.68. The van der Waals surface area contributed by atoms with E-state index in [1.807, 2.05) is 20.8 Å². The number of nitrogens with zero attached hydrogens (tertiary/aromatic N) is 2. The molecule has 2 amide bonds. The van der Waals surface area contributed by atoms with Gasteiger partial charge in [-0.2, -0.15) is 0 Å². The molecule has 2 N–H and O–H groups in total. The summed E-state index contributed by atoms with van der Waals surface area (Å²) in [5.41, 5.74) is 4.89. The van der Waals surface area contributed by atoms with E-state index in [1.165, 1.54) is 4.90 Å². The number of nitrogens with two attached hydrogens (primary N) is 1. The van der Waals surface area contributed by atoms with Crippen LogP contribution in [0.25, 0.3) is 0 Å². The fourth-order valence-electron chi connectivity index (χ4n) is 2.20. The predicted molar refractivity (Wildman–Crippen MR) is 72.7 cm³/mol. The summed E-state index contributed by atoms with van der Waals surface area (Å²) in [5, 5.41) is 0. The van der Waals surface area contributed by atoms with Crippen LogP contribution >= 0.6 is 0 Å². The first-order valence-electron chi connectivity index (χ1n) is 6.68. The van der Waals surface area contributed by atoms with Gasteiger partial charge in [0.25, 0.3) is 0 Å². The zero-order valence-corrected chi connectivity index (χ0v) is 12.3. The second kappa shape index (κ2) is 6.23. The largest absolute Gasteiger partial charge is 0.444 e. The second-order valence-electron chi connectivity index (χ2n) is 5.95. The average molecular weight is 271 g/mol. The van der Waals surface area contributed by atoms with Crippen molar-refractivity contribution < 1.29 is 14.3 Å². The fourth-order valence-corrected chi connectivity index (χ4v) is 2.20. The molecule has 1 unspecified atom stereocenters. The Morgan fingerprint density at radius 3 is 2.58 bits per heavy atom. The first kappa shape index (κ1) is 15.8. The lowest BCUT2D eigenvalue weighted by Gasteiger charge is -2.30. The van der Waals surface area contributed by atoms with E-state index in [4.69, 9.17) is 10.5 Å². The number of rotatable bonds is 3. The molecule has 1 heterocycles.